The number of amides is 2. The summed E-state index contributed by atoms with van der Waals surface area (Å²) >= 11 is 0. The maximum absolute atomic E-state index is 13.8. The lowest BCUT2D eigenvalue weighted by molar-refractivity contribution is -0.131. The van der Waals surface area contributed by atoms with Crippen molar-refractivity contribution in [2.45, 2.75) is 89.8 Å². The molecule has 6 nitrogen and oxygen atoms in total. The average molecular weight is 474 g/mol. The quantitative estimate of drug-likeness (QED) is 0.600. The van der Waals surface area contributed by atoms with Crippen LogP contribution in [0.15, 0.2) is 18.2 Å². The van der Waals surface area contributed by atoms with Crippen molar-refractivity contribution >= 4 is 17.5 Å². The van der Waals surface area contributed by atoms with Gasteiger partial charge in [-0.1, -0.05) is 32.1 Å². The molecule has 0 spiro atoms. The van der Waals surface area contributed by atoms with Crippen LogP contribution in [0.1, 0.15) is 71.3 Å². The fourth-order valence-corrected chi connectivity index (χ4v) is 5.87. The van der Waals surface area contributed by atoms with E-state index in [1.54, 1.807) is 6.07 Å². The van der Waals surface area contributed by atoms with Crippen LogP contribution in [-0.4, -0.2) is 49.2 Å². The molecule has 1 aromatic rings. The topological polar surface area (TPSA) is 70.7 Å². The number of nitrogens with one attached hydrogen (secondary N) is 2. The zero-order valence-corrected chi connectivity index (χ0v) is 20.9. The number of rotatable bonds is 8. The molecule has 188 valence electrons. The number of hydrogen-bond donors (Lipinski definition) is 2. The zero-order chi connectivity index (χ0) is 24.3. The summed E-state index contributed by atoms with van der Waals surface area (Å²) in [5.74, 6) is -0.0910. The highest BCUT2D eigenvalue weighted by molar-refractivity contribution is 5.88. The molecule has 1 aromatic carbocycles. The predicted octanol–water partition coefficient (Wildman–Crippen LogP) is 3.96. The van der Waals surface area contributed by atoms with Crippen molar-refractivity contribution in [2.75, 3.05) is 24.7 Å². The van der Waals surface area contributed by atoms with Gasteiger partial charge in [0.2, 0.25) is 11.8 Å². The molecule has 0 bridgehead atoms. The van der Waals surface area contributed by atoms with Crippen LogP contribution < -0.4 is 15.5 Å². The third-order valence-corrected chi connectivity index (χ3v) is 7.76. The molecule has 34 heavy (non-hydrogen) atoms. The van der Waals surface area contributed by atoms with Crippen LogP contribution in [0, 0.1) is 17.7 Å². The van der Waals surface area contributed by atoms with Crippen LogP contribution >= 0.6 is 0 Å². The van der Waals surface area contributed by atoms with E-state index in [0.717, 1.165) is 30.5 Å². The Morgan fingerprint density at radius 2 is 1.94 bits per heavy atom. The van der Waals surface area contributed by atoms with Crippen LogP contribution in [0.5, 0.6) is 0 Å². The van der Waals surface area contributed by atoms with E-state index in [1.165, 1.54) is 25.3 Å². The number of nitrogens with zero attached hydrogens (tertiary/aromatic N) is 1. The summed E-state index contributed by atoms with van der Waals surface area (Å²) in [6, 6.07) is 4.31. The van der Waals surface area contributed by atoms with E-state index >= 15 is 0 Å². The minimum Gasteiger partial charge on any atom is -0.381 e. The van der Waals surface area contributed by atoms with E-state index in [1.807, 2.05) is 13.0 Å². The minimum absolute atomic E-state index is 0.0715. The molecule has 1 unspecified atom stereocenters. The van der Waals surface area contributed by atoms with Gasteiger partial charge in [-0.2, -0.15) is 0 Å². The van der Waals surface area contributed by atoms with Crippen molar-refractivity contribution in [3.63, 3.8) is 0 Å². The van der Waals surface area contributed by atoms with Gasteiger partial charge in [0.1, 0.15) is 11.9 Å². The third-order valence-electron chi connectivity index (χ3n) is 7.76. The van der Waals surface area contributed by atoms with Gasteiger partial charge >= 0.3 is 0 Å². The second-order valence-corrected chi connectivity index (χ2v) is 11.1. The number of carbonyl (C=O) groups excluding carboxylic acids is 2. The molecule has 2 heterocycles. The third kappa shape index (κ3) is 5.91. The zero-order valence-electron chi connectivity index (χ0n) is 20.9. The molecule has 1 saturated heterocycles. The van der Waals surface area contributed by atoms with Gasteiger partial charge in [0.15, 0.2) is 0 Å². The maximum atomic E-state index is 13.8. The summed E-state index contributed by atoms with van der Waals surface area (Å²) < 4.78 is 19.1. The van der Waals surface area contributed by atoms with Crippen LogP contribution in [0.3, 0.4) is 0 Å². The Morgan fingerprint density at radius 1 is 1.18 bits per heavy atom. The molecule has 2 amide bonds. The molecular weight excluding hydrogens is 433 g/mol. The Balaban J connectivity index is 1.40. The molecule has 3 aliphatic rings. The van der Waals surface area contributed by atoms with Gasteiger partial charge in [0.05, 0.1) is 12.5 Å². The molecule has 2 N–H and O–H groups in total. The van der Waals surface area contributed by atoms with Gasteiger partial charge in [-0.3, -0.25) is 9.59 Å². The fraction of sp³-hybridized carbons (Fsp3) is 0.704. The van der Waals surface area contributed by atoms with Crippen LogP contribution in [-0.2, 0) is 20.7 Å². The standard InChI is InChI=1S/C27H40FN3O3/c1-18(16-31-24-10-9-22(28)14-21(24)15-27(31,2)3)29-26(33)23(13-19-7-5-4-6-8-19)30-25(32)20-11-12-34-17-20/h9-10,14,18-20,23H,4-8,11-13,15-17H2,1-3H3,(H,29,33)(H,30,32)/t18-,20?,23-/m0/s1. The lowest BCUT2D eigenvalue weighted by Crippen LogP contribution is -2.54. The van der Waals surface area contributed by atoms with E-state index in [2.05, 4.69) is 29.4 Å². The number of anilines is 1. The Morgan fingerprint density at radius 3 is 2.65 bits per heavy atom. The Bertz CT molecular complexity index is 878. The average Bonchev–Trinajstić information content (AvgIpc) is 3.40. The number of benzene rings is 1. The Labute approximate surface area is 203 Å². The van der Waals surface area contributed by atoms with E-state index < -0.39 is 6.04 Å². The number of hydrogen-bond acceptors (Lipinski definition) is 4. The summed E-state index contributed by atoms with van der Waals surface area (Å²) in [5, 5.41) is 6.23. The van der Waals surface area contributed by atoms with Gasteiger partial charge in [0.25, 0.3) is 0 Å². The van der Waals surface area contributed by atoms with Gasteiger partial charge in [-0.05, 0) is 69.7 Å². The molecule has 7 heteroatoms. The van der Waals surface area contributed by atoms with Gasteiger partial charge in [0, 0.05) is 30.4 Å². The number of carbonyl (C=O) groups is 2. The molecule has 4 rings (SSSR count). The highest BCUT2D eigenvalue weighted by Crippen LogP contribution is 2.39. The van der Waals surface area contributed by atoms with Crippen LogP contribution in [0.4, 0.5) is 10.1 Å². The van der Waals surface area contributed by atoms with Crippen molar-refractivity contribution in [1.82, 2.24) is 10.6 Å². The van der Waals surface area contributed by atoms with E-state index in [-0.39, 0.29) is 35.1 Å². The first kappa shape index (κ1) is 25.0. The molecule has 1 saturated carbocycles. The SMILES string of the molecule is C[C@@H](CN1c2ccc(F)cc2CC1(C)C)NC(=O)[C@H](CC1CCCCC1)NC(=O)C1CCOC1. The molecule has 2 fully saturated rings. The number of ether oxygens (including phenoxy) is 1. The molecule has 0 aromatic heterocycles. The van der Waals surface area contributed by atoms with E-state index in [9.17, 15) is 14.0 Å². The van der Waals surface area contributed by atoms with E-state index in [4.69, 9.17) is 4.74 Å². The highest BCUT2D eigenvalue weighted by Gasteiger charge is 2.37. The molecule has 1 aliphatic carbocycles. The lowest BCUT2D eigenvalue weighted by atomic mass is 9.84. The second-order valence-electron chi connectivity index (χ2n) is 11.1. The molecule has 2 aliphatic heterocycles. The van der Waals surface area contributed by atoms with Gasteiger partial charge in [-0.15, -0.1) is 0 Å². The normalized spacial score (nSPS) is 23.9. The first-order valence-corrected chi connectivity index (χ1v) is 13.0. The first-order chi connectivity index (χ1) is 16.2. The van der Waals surface area contributed by atoms with Gasteiger partial charge < -0.3 is 20.3 Å². The molecule has 0 radical (unpaired) electrons. The summed E-state index contributed by atoms with van der Waals surface area (Å²) in [7, 11) is 0. The summed E-state index contributed by atoms with van der Waals surface area (Å²) in [5.41, 5.74) is 1.87. The van der Waals surface area contributed by atoms with Crippen molar-refractivity contribution in [1.29, 1.82) is 0 Å². The monoisotopic (exact) mass is 473 g/mol. The van der Waals surface area contributed by atoms with Crippen molar-refractivity contribution in [3.05, 3.63) is 29.6 Å². The summed E-state index contributed by atoms with van der Waals surface area (Å²) in [4.78, 5) is 28.4. The maximum Gasteiger partial charge on any atom is 0.242 e. The number of halogens is 1. The minimum atomic E-state index is -0.522. The predicted molar refractivity (Wildman–Crippen MR) is 131 cm³/mol. The van der Waals surface area contributed by atoms with Crippen molar-refractivity contribution in [3.8, 4) is 0 Å². The Kier molecular flexibility index (Phi) is 7.80. The fourth-order valence-electron chi connectivity index (χ4n) is 5.87. The lowest BCUT2D eigenvalue weighted by Gasteiger charge is -2.37. The van der Waals surface area contributed by atoms with Crippen LogP contribution in [0.25, 0.3) is 0 Å². The summed E-state index contributed by atoms with van der Waals surface area (Å²) in [6.45, 7) is 7.96. The molecule has 3 atom stereocenters. The van der Waals surface area contributed by atoms with E-state index in [0.29, 0.717) is 38.5 Å². The van der Waals surface area contributed by atoms with Crippen LogP contribution in [0.2, 0.25) is 0 Å². The smallest absolute Gasteiger partial charge is 0.242 e. The van der Waals surface area contributed by atoms with Gasteiger partial charge in [-0.25, -0.2) is 4.39 Å². The first-order valence-electron chi connectivity index (χ1n) is 13.0. The molecular formula is C27H40FN3O3. The summed E-state index contributed by atoms with van der Waals surface area (Å²) in [6.07, 6.45) is 8.07. The number of fused-ring (bicyclic) bond motifs is 1. The Hall–Kier alpha value is -2.15. The second kappa shape index (κ2) is 10.6. The van der Waals surface area contributed by atoms with Crippen molar-refractivity contribution < 1.29 is 18.7 Å². The highest BCUT2D eigenvalue weighted by atomic mass is 19.1. The van der Waals surface area contributed by atoms with Crippen molar-refractivity contribution in [2.24, 2.45) is 11.8 Å². The largest absolute Gasteiger partial charge is 0.381 e.